The molecule has 0 spiro atoms. The first kappa shape index (κ1) is 30.9. The van der Waals surface area contributed by atoms with E-state index in [1.807, 2.05) is 27.7 Å². The Bertz CT molecular complexity index is 535. The standard InChI is InChI=1S/C26H50O6/c1-19(2)15-23(5,6)17-21(27)29-31-25(9,10)13-14-26(11,12)32-30-22(28)18-24(7,8)16-20(3)4/h19-20H,13-18H2,1-12H3. The summed E-state index contributed by atoms with van der Waals surface area (Å²) in [6.45, 7) is 24.2. The van der Waals surface area contributed by atoms with Crippen LogP contribution in [0.5, 0.6) is 0 Å². The minimum atomic E-state index is -0.693. The maximum Gasteiger partial charge on any atom is 0.342 e. The third-order valence-corrected chi connectivity index (χ3v) is 5.22. The minimum absolute atomic E-state index is 0.137. The van der Waals surface area contributed by atoms with Crippen molar-refractivity contribution in [2.45, 2.75) is 133 Å². The van der Waals surface area contributed by atoms with Crippen LogP contribution in [-0.2, 0) is 29.1 Å². The predicted octanol–water partition coefficient (Wildman–Crippen LogP) is 7.20. The van der Waals surface area contributed by atoms with Gasteiger partial charge in [-0.2, -0.15) is 9.78 Å². The Morgan fingerprint density at radius 3 is 1.12 bits per heavy atom. The van der Waals surface area contributed by atoms with Crippen molar-refractivity contribution < 1.29 is 29.1 Å². The fraction of sp³-hybridized carbons (Fsp3) is 0.923. The molecule has 0 radical (unpaired) electrons. The van der Waals surface area contributed by atoms with E-state index in [2.05, 4.69) is 55.4 Å². The van der Waals surface area contributed by atoms with Gasteiger partial charge in [0.05, 0.1) is 12.8 Å². The average Bonchev–Trinajstić information content (AvgIpc) is 2.54. The first-order valence-corrected chi connectivity index (χ1v) is 12.0. The summed E-state index contributed by atoms with van der Waals surface area (Å²) in [4.78, 5) is 45.6. The number of rotatable bonds is 15. The number of hydrogen-bond acceptors (Lipinski definition) is 6. The van der Waals surface area contributed by atoms with Crippen molar-refractivity contribution in [3.63, 3.8) is 0 Å². The molecule has 0 fully saturated rings. The maximum absolute atomic E-state index is 12.2. The van der Waals surface area contributed by atoms with Gasteiger partial charge < -0.3 is 0 Å². The molecular formula is C26H50O6. The molecule has 0 rings (SSSR count). The van der Waals surface area contributed by atoms with Crippen LogP contribution in [0.3, 0.4) is 0 Å². The van der Waals surface area contributed by atoms with E-state index < -0.39 is 11.2 Å². The SMILES string of the molecule is CC(C)CC(C)(C)CC(=O)OOC(C)(C)CCC(C)(C)OOC(=O)CC(C)(C)CC(C)C. The number of carbonyl (C=O) groups is 2. The average molecular weight is 459 g/mol. The lowest BCUT2D eigenvalue weighted by atomic mass is 9.81. The zero-order chi connectivity index (χ0) is 25.4. The van der Waals surface area contributed by atoms with Crippen molar-refractivity contribution in [1.29, 1.82) is 0 Å². The van der Waals surface area contributed by atoms with Gasteiger partial charge in [-0.1, -0.05) is 55.4 Å². The lowest BCUT2D eigenvalue weighted by Crippen LogP contribution is -2.33. The Hall–Kier alpha value is -1.14. The number of carbonyl (C=O) groups excluding carboxylic acids is 2. The molecule has 0 aliphatic heterocycles. The van der Waals surface area contributed by atoms with E-state index in [1.165, 1.54) is 0 Å². The van der Waals surface area contributed by atoms with Crippen LogP contribution in [0.25, 0.3) is 0 Å². The van der Waals surface area contributed by atoms with E-state index in [0.717, 1.165) is 12.8 Å². The van der Waals surface area contributed by atoms with E-state index >= 15 is 0 Å². The zero-order valence-electron chi connectivity index (χ0n) is 22.8. The summed E-state index contributed by atoms with van der Waals surface area (Å²) in [5.74, 6) is 0.287. The Morgan fingerprint density at radius 1 is 0.594 bits per heavy atom. The first-order valence-electron chi connectivity index (χ1n) is 12.0. The lowest BCUT2D eigenvalue weighted by Gasteiger charge is -2.30. The van der Waals surface area contributed by atoms with Crippen LogP contribution >= 0.6 is 0 Å². The molecule has 0 aliphatic rings. The van der Waals surface area contributed by atoms with Crippen LogP contribution in [0.15, 0.2) is 0 Å². The summed E-state index contributed by atoms with van der Waals surface area (Å²) in [6.07, 6.45) is 3.59. The van der Waals surface area contributed by atoms with Crippen molar-refractivity contribution in [3.8, 4) is 0 Å². The molecule has 0 bridgehead atoms. The third-order valence-electron chi connectivity index (χ3n) is 5.22. The molecule has 0 aromatic rings. The van der Waals surface area contributed by atoms with Gasteiger partial charge in [-0.15, -0.1) is 0 Å². The van der Waals surface area contributed by atoms with Gasteiger partial charge in [-0.05, 0) is 76.0 Å². The van der Waals surface area contributed by atoms with E-state index in [-0.39, 0.29) is 22.8 Å². The monoisotopic (exact) mass is 458 g/mol. The molecule has 0 aromatic carbocycles. The third kappa shape index (κ3) is 15.6. The van der Waals surface area contributed by atoms with Gasteiger partial charge in [0.15, 0.2) is 0 Å². The van der Waals surface area contributed by atoms with Crippen molar-refractivity contribution in [2.24, 2.45) is 22.7 Å². The van der Waals surface area contributed by atoms with Gasteiger partial charge >= 0.3 is 11.9 Å². The summed E-state index contributed by atoms with van der Waals surface area (Å²) in [7, 11) is 0. The fourth-order valence-electron chi connectivity index (χ4n) is 4.20. The highest BCUT2D eigenvalue weighted by molar-refractivity contribution is 5.69. The molecule has 0 N–H and O–H groups in total. The van der Waals surface area contributed by atoms with Gasteiger partial charge in [0.2, 0.25) is 0 Å². The molecule has 190 valence electrons. The fourth-order valence-corrected chi connectivity index (χ4v) is 4.20. The normalized spacial score (nSPS) is 13.6. The van der Waals surface area contributed by atoms with Gasteiger partial charge in [0, 0.05) is 0 Å². The molecule has 0 saturated carbocycles. The van der Waals surface area contributed by atoms with Gasteiger partial charge in [0.1, 0.15) is 11.2 Å². The van der Waals surface area contributed by atoms with E-state index in [0.29, 0.717) is 37.5 Å². The van der Waals surface area contributed by atoms with Crippen LogP contribution in [0.1, 0.15) is 122 Å². The first-order chi connectivity index (χ1) is 14.2. The summed E-state index contributed by atoms with van der Waals surface area (Å²) >= 11 is 0. The quantitative estimate of drug-likeness (QED) is 0.191. The smallest absolute Gasteiger partial charge is 0.298 e. The number of hydrogen-bond donors (Lipinski definition) is 0. The largest absolute Gasteiger partial charge is 0.342 e. The summed E-state index contributed by atoms with van der Waals surface area (Å²) in [5.41, 5.74) is -1.66. The molecule has 0 saturated heterocycles. The van der Waals surface area contributed by atoms with E-state index in [1.54, 1.807) is 0 Å². The van der Waals surface area contributed by atoms with Gasteiger partial charge in [0.25, 0.3) is 0 Å². The second kappa shape index (κ2) is 12.4. The Labute approximate surface area is 196 Å². The molecule has 0 aliphatic carbocycles. The molecule has 0 aromatic heterocycles. The zero-order valence-corrected chi connectivity index (χ0v) is 22.8. The minimum Gasteiger partial charge on any atom is -0.298 e. The van der Waals surface area contributed by atoms with Crippen LogP contribution in [0.2, 0.25) is 0 Å². The van der Waals surface area contributed by atoms with Crippen molar-refractivity contribution in [1.82, 2.24) is 0 Å². The van der Waals surface area contributed by atoms with Crippen molar-refractivity contribution in [2.75, 3.05) is 0 Å². The highest BCUT2D eigenvalue weighted by Gasteiger charge is 2.32. The molecule has 6 nitrogen and oxygen atoms in total. The Balaban J connectivity index is 4.49. The second-order valence-electron chi connectivity index (χ2n) is 13.0. The van der Waals surface area contributed by atoms with Crippen molar-refractivity contribution in [3.05, 3.63) is 0 Å². The highest BCUT2D eigenvalue weighted by Crippen LogP contribution is 2.32. The molecular weight excluding hydrogens is 408 g/mol. The molecule has 0 heterocycles. The van der Waals surface area contributed by atoms with Crippen LogP contribution in [-0.4, -0.2) is 23.1 Å². The summed E-state index contributed by atoms with van der Waals surface area (Å²) in [6, 6.07) is 0. The molecule has 0 amide bonds. The van der Waals surface area contributed by atoms with Gasteiger partial charge in [-0.3, -0.25) is 9.78 Å². The van der Waals surface area contributed by atoms with E-state index in [4.69, 9.17) is 19.6 Å². The van der Waals surface area contributed by atoms with E-state index in [9.17, 15) is 9.59 Å². The van der Waals surface area contributed by atoms with Crippen LogP contribution < -0.4 is 0 Å². The Kier molecular flexibility index (Phi) is 11.9. The lowest BCUT2D eigenvalue weighted by molar-refractivity contribution is -0.341. The molecule has 0 atom stereocenters. The van der Waals surface area contributed by atoms with Crippen LogP contribution in [0.4, 0.5) is 0 Å². The summed E-state index contributed by atoms with van der Waals surface area (Å²) in [5, 5.41) is 0. The van der Waals surface area contributed by atoms with Gasteiger partial charge in [-0.25, -0.2) is 9.59 Å². The Morgan fingerprint density at radius 2 is 0.875 bits per heavy atom. The summed E-state index contributed by atoms with van der Waals surface area (Å²) < 4.78 is 0. The topological polar surface area (TPSA) is 71.1 Å². The predicted molar refractivity (Wildman–Crippen MR) is 127 cm³/mol. The highest BCUT2D eigenvalue weighted by atomic mass is 17.2. The van der Waals surface area contributed by atoms with Crippen molar-refractivity contribution >= 4 is 11.9 Å². The molecule has 6 heteroatoms. The maximum atomic E-state index is 12.2. The van der Waals surface area contributed by atoms with Crippen LogP contribution in [0, 0.1) is 22.7 Å². The molecule has 32 heavy (non-hydrogen) atoms. The second-order valence-corrected chi connectivity index (χ2v) is 13.0. The molecule has 0 unspecified atom stereocenters.